The Morgan fingerprint density at radius 3 is 3.11 bits per heavy atom. The summed E-state index contributed by atoms with van der Waals surface area (Å²) in [7, 11) is 1.75. The lowest BCUT2D eigenvalue weighted by Gasteiger charge is -2.15. The molecule has 19 heavy (non-hydrogen) atoms. The Hall–Kier alpha value is -2.56. The van der Waals surface area contributed by atoms with Gasteiger partial charge in [0.15, 0.2) is 0 Å². The van der Waals surface area contributed by atoms with E-state index in [1.807, 2.05) is 24.3 Å². The van der Waals surface area contributed by atoms with E-state index in [0.717, 1.165) is 16.7 Å². The first kappa shape index (κ1) is 11.5. The van der Waals surface area contributed by atoms with Crippen LogP contribution in [0.5, 0.6) is 0 Å². The number of carbonyl (C=O) groups is 1. The summed E-state index contributed by atoms with van der Waals surface area (Å²) in [5.74, 6) is 0.714. The summed E-state index contributed by atoms with van der Waals surface area (Å²) in [5, 5.41) is 7.79. The highest BCUT2D eigenvalue weighted by Crippen LogP contribution is 2.15. The molecule has 2 aromatic heterocycles. The molecule has 0 saturated carbocycles. The van der Waals surface area contributed by atoms with Gasteiger partial charge in [-0.15, -0.1) is 0 Å². The van der Waals surface area contributed by atoms with Crippen LogP contribution in [0.2, 0.25) is 0 Å². The molecule has 96 valence electrons. The molecule has 0 aliphatic heterocycles. The van der Waals surface area contributed by atoms with Gasteiger partial charge in [-0.05, 0) is 24.3 Å². The Kier molecular flexibility index (Phi) is 2.79. The molecule has 0 aliphatic carbocycles. The molecule has 1 aromatic carbocycles. The number of carbonyl (C=O) groups excluding carboxylic acids is 1. The molecule has 5 nitrogen and oxygen atoms in total. The number of amides is 1. The van der Waals surface area contributed by atoms with E-state index in [1.54, 1.807) is 30.5 Å². The van der Waals surface area contributed by atoms with Crippen LogP contribution in [0.4, 0.5) is 0 Å². The zero-order chi connectivity index (χ0) is 13.2. The van der Waals surface area contributed by atoms with Gasteiger partial charge in [0.2, 0.25) is 0 Å². The monoisotopic (exact) mass is 255 g/mol. The zero-order valence-corrected chi connectivity index (χ0v) is 10.5. The molecule has 0 saturated heterocycles. The molecule has 2 heterocycles. The highest BCUT2D eigenvalue weighted by atomic mass is 16.3. The van der Waals surface area contributed by atoms with E-state index in [9.17, 15) is 4.79 Å². The summed E-state index contributed by atoms with van der Waals surface area (Å²) >= 11 is 0. The maximum Gasteiger partial charge on any atom is 0.254 e. The van der Waals surface area contributed by atoms with E-state index in [0.29, 0.717) is 12.1 Å². The second-order valence-electron chi connectivity index (χ2n) is 4.41. The molecule has 1 N–H and O–H groups in total. The Bertz CT molecular complexity index is 700. The molecule has 3 aromatic rings. The summed E-state index contributed by atoms with van der Waals surface area (Å²) in [5.41, 5.74) is 1.49. The van der Waals surface area contributed by atoms with Gasteiger partial charge in [-0.25, -0.2) is 0 Å². The van der Waals surface area contributed by atoms with E-state index in [1.165, 1.54) is 0 Å². The maximum absolute atomic E-state index is 12.3. The van der Waals surface area contributed by atoms with Crippen molar-refractivity contribution in [2.75, 3.05) is 7.05 Å². The summed E-state index contributed by atoms with van der Waals surface area (Å²) in [6.07, 6.45) is 3.33. The minimum Gasteiger partial charge on any atom is -0.467 e. The molecule has 0 radical (unpaired) electrons. The van der Waals surface area contributed by atoms with E-state index in [4.69, 9.17) is 4.42 Å². The fourth-order valence-electron chi connectivity index (χ4n) is 2.00. The summed E-state index contributed by atoms with van der Waals surface area (Å²) in [4.78, 5) is 13.9. The van der Waals surface area contributed by atoms with Crippen LogP contribution in [0, 0.1) is 0 Å². The topological polar surface area (TPSA) is 62.1 Å². The number of benzene rings is 1. The van der Waals surface area contributed by atoms with Crippen molar-refractivity contribution in [3.8, 4) is 0 Å². The molecule has 0 spiro atoms. The number of H-pyrrole nitrogens is 1. The van der Waals surface area contributed by atoms with Crippen molar-refractivity contribution in [3.63, 3.8) is 0 Å². The van der Waals surface area contributed by atoms with Crippen molar-refractivity contribution in [2.45, 2.75) is 6.54 Å². The van der Waals surface area contributed by atoms with Gasteiger partial charge < -0.3 is 9.32 Å². The standard InChI is InChI=1S/C14H13N3O2/c1-17(9-12-3-2-6-19-12)14(18)10-4-5-11-8-15-16-13(11)7-10/h2-8H,9H2,1H3,(H,15,16). The second kappa shape index (κ2) is 4.61. The van der Waals surface area contributed by atoms with E-state index < -0.39 is 0 Å². The molecular formula is C14H13N3O2. The van der Waals surface area contributed by atoms with Gasteiger partial charge in [0, 0.05) is 18.0 Å². The quantitative estimate of drug-likeness (QED) is 0.781. The maximum atomic E-state index is 12.3. The molecule has 0 atom stereocenters. The van der Waals surface area contributed by atoms with Crippen molar-refractivity contribution in [1.82, 2.24) is 15.1 Å². The van der Waals surface area contributed by atoms with Crippen LogP contribution in [0.1, 0.15) is 16.1 Å². The Morgan fingerprint density at radius 2 is 2.32 bits per heavy atom. The van der Waals surface area contributed by atoms with Crippen LogP contribution in [0.15, 0.2) is 47.2 Å². The molecule has 0 fully saturated rings. The number of furan rings is 1. The predicted molar refractivity (Wildman–Crippen MR) is 70.6 cm³/mol. The predicted octanol–water partition coefficient (Wildman–Crippen LogP) is 2.43. The minimum atomic E-state index is -0.0482. The van der Waals surface area contributed by atoms with Crippen molar-refractivity contribution >= 4 is 16.8 Å². The largest absolute Gasteiger partial charge is 0.467 e. The van der Waals surface area contributed by atoms with Crippen LogP contribution in [-0.2, 0) is 6.54 Å². The van der Waals surface area contributed by atoms with Gasteiger partial charge in [-0.2, -0.15) is 5.10 Å². The average Bonchev–Trinajstić information content (AvgIpc) is 3.07. The van der Waals surface area contributed by atoms with Crippen LogP contribution >= 0.6 is 0 Å². The SMILES string of the molecule is CN(Cc1ccco1)C(=O)c1ccc2cn[nH]c2c1. The molecular weight excluding hydrogens is 242 g/mol. The van der Waals surface area contributed by atoms with E-state index in [-0.39, 0.29) is 5.91 Å². The van der Waals surface area contributed by atoms with Gasteiger partial charge in [0.05, 0.1) is 24.5 Å². The lowest BCUT2D eigenvalue weighted by Crippen LogP contribution is -2.25. The van der Waals surface area contributed by atoms with Crippen LogP contribution in [-0.4, -0.2) is 28.1 Å². The first-order valence-corrected chi connectivity index (χ1v) is 5.95. The summed E-state index contributed by atoms with van der Waals surface area (Å²) in [6, 6.07) is 9.15. The van der Waals surface area contributed by atoms with Crippen molar-refractivity contribution < 1.29 is 9.21 Å². The normalized spacial score (nSPS) is 10.8. The van der Waals surface area contributed by atoms with Gasteiger partial charge in [-0.1, -0.05) is 6.07 Å². The highest BCUT2D eigenvalue weighted by Gasteiger charge is 2.13. The Balaban J connectivity index is 1.82. The molecule has 0 unspecified atom stereocenters. The molecule has 1 amide bonds. The third kappa shape index (κ3) is 2.22. The van der Waals surface area contributed by atoms with Gasteiger partial charge in [0.1, 0.15) is 5.76 Å². The lowest BCUT2D eigenvalue weighted by atomic mass is 10.1. The van der Waals surface area contributed by atoms with E-state index >= 15 is 0 Å². The van der Waals surface area contributed by atoms with Crippen molar-refractivity contribution in [2.24, 2.45) is 0 Å². The number of hydrogen-bond acceptors (Lipinski definition) is 3. The Morgan fingerprint density at radius 1 is 1.42 bits per heavy atom. The minimum absolute atomic E-state index is 0.0482. The van der Waals surface area contributed by atoms with Crippen LogP contribution < -0.4 is 0 Å². The number of aromatic amines is 1. The molecule has 5 heteroatoms. The van der Waals surface area contributed by atoms with Gasteiger partial charge in [0.25, 0.3) is 5.91 Å². The Labute approximate surface area is 109 Å². The molecule has 0 bridgehead atoms. The first-order valence-electron chi connectivity index (χ1n) is 5.95. The average molecular weight is 255 g/mol. The number of rotatable bonds is 3. The fourth-order valence-corrected chi connectivity index (χ4v) is 2.00. The zero-order valence-electron chi connectivity index (χ0n) is 10.5. The number of hydrogen-bond donors (Lipinski definition) is 1. The van der Waals surface area contributed by atoms with E-state index in [2.05, 4.69) is 10.2 Å². The second-order valence-corrected chi connectivity index (χ2v) is 4.41. The third-order valence-corrected chi connectivity index (χ3v) is 3.01. The third-order valence-electron chi connectivity index (χ3n) is 3.01. The highest BCUT2D eigenvalue weighted by molar-refractivity contribution is 5.97. The number of aromatic nitrogens is 2. The number of nitrogens with one attached hydrogen (secondary N) is 1. The van der Waals surface area contributed by atoms with Gasteiger partial charge >= 0.3 is 0 Å². The lowest BCUT2D eigenvalue weighted by molar-refractivity contribution is 0.0775. The molecule has 3 rings (SSSR count). The smallest absolute Gasteiger partial charge is 0.254 e. The van der Waals surface area contributed by atoms with Crippen LogP contribution in [0.25, 0.3) is 10.9 Å². The van der Waals surface area contributed by atoms with Gasteiger partial charge in [-0.3, -0.25) is 9.89 Å². The van der Waals surface area contributed by atoms with Crippen molar-refractivity contribution in [1.29, 1.82) is 0 Å². The summed E-state index contributed by atoms with van der Waals surface area (Å²) < 4.78 is 5.24. The number of fused-ring (bicyclic) bond motifs is 1. The summed E-state index contributed by atoms with van der Waals surface area (Å²) in [6.45, 7) is 0.451. The first-order chi connectivity index (χ1) is 9.24. The molecule has 0 aliphatic rings. The number of nitrogens with zero attached hydrogens (tertiary/aromatic N) is 2. The van der Waals surface area contributed by atoms with Crippen LogP contribution in [0.3, 0.4) is 0 Å². The fraction of sp³-hybridized carbons (Fsp3) is 0.143. The van der Waals surface area contributed by atoms with Crippen molar-refractivity contribution in [3.05, 3.63) is 54.1 Å².